The standard InChI is InChI=1S/C30H35N3O5/c1-4-5-17-38-26-8-6-7-22(18-26)29(34)31-24-9-11-25(12-10-24)32-13-15-33(16-14-32)30(35)23-19-27(36-2)21-28(20-23)37-3/h6-12,18-21H,4-5,13-17H2,1-3H3,(H,31,34). The van der Waals surface area contributed by atoms with Crippen LogP contribution in [0.1, 0.15) is 40.5 Å². The number of piperazine rings is 1. The van der Waals surface area contributed by atoms with Gasteiger partial charge in [-0.2, -0.15) is 0 Å². The Hall–Kier alpha value is -4.20. The van der Waals surface area contributed by atoms with Crippen molar-refractivity contribution in [1.82, 2.24) is 4.90 Å². The highest BCUT2D eigenvalue weighted by Gasteiger charge is 2.23. The number of amides is 2. The van der Waals surface area contributed by atoms with Crippen molar-refractivity contribution in [3.05, 3.63) is 77.9 Å². The Morgan fingerprint density at radius 1 is 0.816 bits per heavy atom. The summed E-state index contributed by atoms with van der Waals surface area (Å²) in [5.41, 5.74) is 2.87. The zero-order valence-electron chi connectivity index (χ0n) is 22.2. The van der Waals surface area contributed by atoms with Crippen LogP contribution in [0.4, 0.5) is 11.4 Å². The van der Waals surface area contributed by atoms with Gasteiger partial charge in [0, 0.05) is 54.7 Å². The van der Waals surface area contributed by atoms with E-state index in [1.165, 1.54) is 0 Å². The van der Waals surface area contributed by atoms with Crippen LogP contribution in [0.5, 0.6) is 17.2 Å². The molecule has 3 aromatic rings. The predicted octanol–water partition coefficient (Wildman–Crippen LogP) is 5.10. The van der Waals surface area contributed by atoms with E-state index in [-0.39, 0.29) is 11.8 Å². The van der Waals surface area contributed by atoms with Gasteiger partial charge in [-0.3, -0.25) is 9.59 Å². The number of ether oxygens (including phenoxy) is 3. The fourth-order valence-corrected chi connectivity index (χ4v) is 4.30. The molecule has 2 amide bonds. The van der Waals surface area contributed by atoms with Crippen molar-refractivity contribution in [2.75, 3.05) is 57.2 Å². The minimum atomic E-state index is -0.181. The van der Waals surface area contributed by atoms with Crippen molar-refractivity contribution in [3.63, 3.8) is 0 Å². The van der Waals surface area contributed by atoms with E-state index in [1.807, 2.05) is 41.3 Å². The van der Waals surface area contributed by atoms with Crippen LogP contribution in [0.3, 0.4) is 0 Å². The van der Waals surface area contributed by atoms with Crippen molar-refractivity contribution < 1.29 is 23.8 Å². The van der Waals surface area contributed by atoms with E-state index in [0.29, 0.717) is 61.2 Å². The first-order chi connectivity index (χ1) is 18.5. The highest BCUT2D eigenvalue weighted by atomic mass is 16.5. The van der Waals surface area contributed by atoms with Crippen molar-refractivity contribution in [2.45, 2.75) is 19.8 Å². The lowest BCUT2D eigenvalue weighted by Crippen LogP contribution is -2.48. The number of nitrogens with zero attached hydrogens (tertiary/aromatic N) is 2. The number of carbonyl (C=O) groups excluding carboxylic acids is 2. The van der Waals surface area contributed by atoms with Gasteiger partial charge in [-0.1, -0.05) is 19.4 Å². The first-order valence-corrected chi connectivity index (χ1v) is 12.9. The molecule has 0 aromatic heterocycles. The summed E-state index contributed by atoms with van der Waals surface area (Å²) in [6.07, 6.45) is 2.04. The first-order valence-electron chi connectivity index (χ1n) is 12.9. The highest BCUT2D eigenvalue weighted by Crippen LogP contribution is 2.25. The average Bonchev–Trinajstić information content (AvgIpc) is 2.97. The second-order valence-electron chi connectivity index (χ2n) is 9.11. The maximum Gasteiger partial charge on any atom is 0.255 e. The van der Waals surface area contributed by atoms with E-state index < -0.39 is 0 Å². The van der Waals surface area contributed by atoms with Crippen LogP contribution in [0, 0.1) is 0 Å². The minimum Gasteiger partial charge on any atom is -0.497 e. The van der Waals surface area contributed by atoms with E-state index in [1.54, 1.807) is 44.6 Å². The van der Waals surface area contributed by atoms with Crippen LogP contribution in [0.25, 0.3) is 0 Å². The van der Waals surface area contributed by atoms with Crippen LogP contribution >= 0.6 is 0 Å². The fraction of sp³-hybridized carbons (Fsp3) is 0.333. The number of benzene rings is 3. The van der Waals surface area contributed by atoms with E-state index in [9.17, 15) is 9.59 Å². The van der Waals surface area contributed by atoms with Gasteiger partial charge < -0.3 is 29.3 Å². The number of rotatable bonds is 10. The molecule has 0 unspecified atom stereocenters. The largest absolute Gasteiger partial charge is 0.497 e. The van der Waals surface area contributed by atoms with Crippen molar-refractivity contribution in [3.8, 4) is 17.2 Å². The average molecular weight is 518 g/mol. The SMILES string of the molecule is CCCCOc1cccc(C(=O)Nc2ccc(N3CCN(C(=O)c4cc(OC)cc(OC)c4)CC3)cc2)c1. The quantitative estimate of drug-likeness (QED) is 0.377. The first kappa shape index (κ1) is 26.9. The van der Waals surface area contributed by atoms with Crippen LogP contribution in [-0.2, 0) is 0 Å². The third-order valence-corrected chi connectivity index (χ3v) is 6.52. The number of hydrogen-bond donors (Lipinski definition) is 1. The molecule has 0 bridgehead atoms. The van der Waals surface area contributed by atoms with Crippen LogP contribution in [0.2, 0.25) is 0 Å². The summed E-state index contributed by atoms with van der Waals surface area (Å²) in [5.74, 6) is 1.66. The molecule has 0 radical (unpaired) electrons. The van der Waals surface area contributed by atoms with Gasteiger partial charge in [0.15, 0.2) is 0 Å². The molecule has 1 aliphatic heterocycles. The van der Waals surface area contributed by atoms with Gasteiger partial charge in [0.2, 0.25) is 0 Å². The maximum absolute atomic E-state index is 13.1. The second kappa shape index (κ2) is 12.9. The van der Waals surface area contributed by atoms with Crippen molar-refractivity contribution in [2.24, 2.45) is 0 Å². The van der Waals surface area contributed by atoms with Gasteiger partial charge in [-0.05, 0) is 61.0 Å². The van der Waals surface area contributed by atoms with Crippen molar-refractivity contribution in [1.29, 1.82) is 0 Å². The molecule has 200 valence electrons. The van der Waals surface area contributed by atoms with Gasteiger partial charge in [-0.15, -0.1) is 0 Å². The van der Waals surface area contributed by atoms with E-state index in [4.69, 9.17) is 14.2 Å². The van der Waals surface area contributed by atoms with Crippen LogP contribution < -0.4 is 24.4 Å². The summed E-state index contributed by atoms with van der Waals surface area (Å²) in [6.45, 7) is 5.38. The molecule has 38 heavy (non-hydrogen) atoms. The van der Waals surface area contributed by atoms with E-state index in [2.05, 4.69) is 17.1 Å². The molecule has 4 rings (SSSR count). The normalized spacial score (nSPS) is 13.1. The Bertz CT molecular complexity index is 1210. The van der Waals surface area contributed by atoms with Gasteiger partial charge in [0.1, 0.15) is 17.2 Å². The summed E-state index contributed by atoms with van der Waals surface area (Å²) >= 11 is 0. The maximum atomic E-state index is 13.1. The molecule has 1 N–H and O–H groups in total. The lowest BCUT2D eigenvalue weighted by atomic mass is 10.1. The molecule has 3 aromatic carbocycles. The molecule has 1 heterocycles. The topological polar surface area (TPSA) is 80.3 Å². The lowest BCUT2D eigenvalue weighted by Gasteiger charge is -2.36. The molecule has 1 fully saturated rings. The van der Waals surface area contributed by atoms with E-state index in [0.717, 1.165) is 24.2 Å². The minimum absolute atomic E-state index is 0.0419. The third kappa shape index (κ3) is 6.76. The Morgan fingerprint density at radius 3 is 2.11 bits per heavy atom. The zero-order valence-corrected chi connectivity index (χ0v) is 22.2. The molecule has 1 aliphatic rings. The molecule has 0 saturated carbocycles. The molecular weight excluding hydrogens is 482 g/mol. The molecule has 1 saturated heterocycles. The Morgan fingerprint density at radius 2 is 1.47 bits per heavy atom. The highest BCUT2D eigenvalue weighted by molar-refractivity contribution is 6.04. The van der Waals surface area contributed by atoms with Gasteiger partial charge >= 0.3 is 0 Å². The number of unbranched alkanes of at least 4 members (excludes halogenated alkanes) is 1. The molecule has 8 nitrogen and oxygen atoms in total. The van der Waals surface area contributed by atoms with Crippen LogP contribution in [-0.4, -0.2) is 63.7 Å². The fourth-order valence-electron chi connectivity index (χ4n) is 4.30. The summed E-state index contributed by atoms with van der Waals surface area (Å²) in [5, 5.41) is 2.96. The molecule has 0 spiro atoms. The number of carbonyl (C=O) groups is 2. The summed E-state index contributed by atoms with van der Waals surface area (Å²) in [7, 11) is 3.14. The summed E-state index contributed by atoms with van der Waals surface area (Å²) in [4.78, 5) is 29.9. The van der Waals surface area contributed by atoms with Gasteiger partial charge in [0.25, 0.3) is 11.8 Å². The zero-order chi connectivity index (χ0) is 26.9. The van der Waals surface area contributed by atoms with E-state index >= 15 is 0 Å². The van der Waals surface area contributed by atoms with Gasteiger partial charge in [0.05, 0.1) is 20.8 Å². The van der Waals surface area contributed by atoms with Crippen LogP contribution in [0.15, 0.2) is 66.7 Å². The monoisotopic (exact) mass is 517 g/mol. The molecule has 8 heteroatoms. The number of anilines is 2. The second-order valence-corrected chi connectivity index (χ2v) is 9.11. The predicted molar refractivity (Wildman–Crippen MR) is 149 cm³/mol. The Labute approximate surface area is 224 Å². The van der Waals surface area contributed by atoms with Crippen molar-refractivity contribution >= 4 is 23.2 Å². The lowest BCUT2D eigenvalue weighted by molar-refractivity contribution is 0.0746. The summed E-state index contributed by atoms with van der Waals surface area (Å²) < 4.78 is 16.3. The summed E-state index contributed by atoms with van der Waals surface area (Å²) in [6, 6.07) is 20.2. The Kier molecular flexibility index (Phi) is 9.08. The third-order valence-electron chi connectivity index (χ3n) is 6.52. The Balaban J connectivity index is 1.32. The number of hydrogen-bond acceptors (Lipinski definition) is 6. The molecular formula is C30H35N3O5. The van der Waals surface area contributed by atoms with Gasteiger partial charge in [-0.25, -0.2) is 0 Å². The number of nitrogens with one attached hydrogen (secondary N) is 1. The smallest absolute Gasteiger partial charge is 0.255 e. The molecule has 0 atom stereocenters. The molecule has 0 aliphatic carbocycles. The number of methoxy groups -OCH3 is 2.